The van der Waals surface area contributed by atoms with E-state index in [4.69, 9.17) is 9.47 Å². The van der Waals surface area contributed by atoms with Crippen LogP contribution in [-0.2, 0) is 9.53 Å². The van der Waals surface area contributed by atoms with Crippen molar-refractivity contribution in [1.29, 1.82) is 0 Å². The van der Waals surface area contributed by atoms with Crippen molar-refractivity contribution in [3.63, 3.8) is 0 Å². The first-order chi connectivity index (χ1) is 15.4. The molecule has 0 amide bonds. The summed E-state index contributed by atoms with van der Waals surface area (Å²) in [5, 5.41) is 11.6. The predicted molar refractivity (Wildman–Crippen MR) is 124 cm³/mol. The molecule has 2 aliphatic carbocycles. The summed E-state index contributed by atoms with van der Waals surface area (Å²) in [5.74, 6) is 0.813. The Hall–Kier alpha value is -2.05. The molecule has 1 aromatic rings. The Balaban J connectivity index is 1.26. The molecule has 3 unspecified atom stereocenters. The molecule has 3 fully saturated rings. The Labute approximate surface area is 191 Å². The van der Waals surface area contributed by atoms with Gasteiger partial charge in [-0.15, -0.1) is 0 Å². The average Bonchev–Trinajstić information content (AvgIpc) is 3.11. The maximum atomic E-state index is 12.9. The van der Waals surface area contributed by atoms with E-state index >= 15 is 0 Å². The van der Waals surface area contributed by atoms with Crippen molar-refractivity contribution >= 4 is 11.7 Å². The van der Waals surface area contributed by atoms with Crippen LogP contribution in [0.25, 0.3) is 0 Å². The maximum Gasteiger partial charge on any atom is 0.311 e. The number of fused-ring (bicyclic) bond motifs is 2. The second kappa shape index (κ2) is 8.38. The highest BCUT2D eigenvalue weighted by atomic mass is 16.6. The zero-order valence-corrected chi connectivity index (χ0v) is 19.5. The van der Waals surface area contributed by atoms with Crippen LogP contribution in [0.5, 0.6) is 5.75 Å². The number of allylic oxidation sites excluding steroid dienone is 1. The van der Waals surface area contributed by atoms with Gasteiger partial charge >= 0.3 is 5.97 Å². The Morgan fingerprint density at radius 1 is 1.25 bits per heavy atom. The molecule has 0 spiro atoms. The van der Waals surface area contributed by atoms with E-state index in [0.29, 0.717) is 12.5 Å². The van der Waals surface area contributed by atoms with Crippen LogP contribution in [0.3, 0.4) is 0 Å². The maximum absolute atomic E-state index is 12.9. The van der Waals surface area contributed by atoms with Crippen LogP contribution in [0.4, 0.5) is 5.69 Å². The van der Waals surface area contributed by atoms with E-state index < -0.39 is 6.10 Å². The summed E-state index contributed by atoms with van der Waals surface area (Å²) in [6, 6.07) is 8.18. The normalized spacial score (nSPS) is 37.4. The van der Waals surface area contributed by atoms with Gasteiger partial charge in [0.15, 0.2) is 0 Å². The Morgan fingerprint density at radius 3 is 2.78 bits per heavy atom. The molecule has 1 N–H and O–H groups in total. The summed E-state index contributed by atoms with van der Waals surface area (Å²) in [4.78, 5) is 17.6. The molecule has 1 aromatic carbocycles. The van der Waals surface area contributed by atoms with Gasteiger partial charge in [-0.05, 0) is 30.9 Å². The minimum absolute atomic E-state index is 0.110. The third-order valence-electron chi connectivity index (χ3n) is 8.82. The van der Waals surface area contributed by atoms with Gasteiger partial charge in [0.05, 0.1) is 19.1 Å². The zero-order valence-electron chi connectivity index (χ0n) is 19.5. The number of benzene rings is 1. The predicted octanol–water partition coefficient (Wildman–Crippen LogP) is 3.10. The lowest BCUT2D eigenvalue weighted by molar-refractivity contribution is -0.145. The number of rotatable bonds is 4. The van der Waals surface area contributed by atoms with Gasteiger partial charge in [-0.2, -0.15) is 0 Å². The van der Waals surface area contributed by atoms with Crippen molar-refractivity contribution in [3.8, 4) is 5.75 Å². The zero-order chi connectivity index (χ0) is 22.5. The van der Waals surface area contributed by atoms with Gasteiger partial charge in [-0.1, -0.05) is 31.6 Å². The first kappa shape index (κ1) is 21.8. The average molecular weight is 441 g/mol. The van der Waals surface area contributed by atoms with Crippen LogP contribution >= 0.6 is 0 Å². The topological polar surface area (TPSA) is 62.2 Å². The quantitative estimate of drug-likeness (QED) is 0.574. The third-order valence-corrected chi connectivity index (χ3v) is 8.82. The number of carbonyl (C=O) groups is 1. The highest BCUT2D eigenvalue weighted by molar-refractivity contribution is 5.76. The van der Waals surface area contributed by atoms with Crippen molar-refractivity contribution in [3.05, 3.63) is 35.9 Å². The van der Waals surface area contributed by atoms with E-state index in [1.807, 2.05) is 12.1 Å². The number of aliphatic hydroxyl groups excluding tert-OH is 1. The highest BCUT2D eigenvalue weighted by Gasteiger charge is 2.59. The molecule has 0 aromatic heterocycles. The van der Waals surface area contributed by atoms with E-state index in [0.717, 1.165) is 51.2 Å². The summed E-state index contributed by atoms with van der Waals surface area (Å²) in [5.41, 5.74) is 2.23. The van der Waals surface area contributed by atoms with Crippen LogP contribution in [0.2, 0.25) is 0 Å². The summed E-state index contributed by atoms with van der Waals surface area (Å²) in [7, 11) is 1.69. The van der Waals surface area contributed by atoms with Gasteiger partial charge in [-0.25, -0.2) is 0 Å². The molecule has 6 heteroatoms. The van der Waals surface area contributed by atoms with Crippen molar-refractivity contribution in [2.75, 3.05) is 44.7 Å². The minimum Gasteiger partial charge on any atom is -0.497 e. The third kappa shape index (κ3) is 3.52. The number of methoxy groups -OCH3 is 1. The van der Waals surface area contributed by atoms with Crippen molar-refractivity contribution in [1.82, 2.24) is 4.90 Å². The second-order valence-electron chi connectivity index (χ2n) is 10.3. The second-order valence-corrected chi connectivity index (χ2v) is 10.3. The number of hydrogen-bond donors (Lipinski definition) is 1. The van der Waals surface area contributed by atoms with Gasteiger partial charge < -0.3 is 19.5 Å². The fourth-order valence-electron chi connectivity index (χ4n) is 6.55. The van der Waals surface area contributed by atoms with E-state index in [-0.39, 0.29) is 29.3 Å². The van der Waals surface area contributed by atoms with Gasteiger partial charge in [0.25, 0.3) is 0 Å². The van der Waals surface area contributed by atoms with E-state index in [1.165, 1.54) is 11.3 Å². The largest absolute Gasteiger partial charge is 0.497 e. The number of ether oxygens (including phenoxy) is 2. The first-order valence-electron chi connectivity index (χ1n) is 12.1. The lowest BCUT2D eigenvalue weighted by atomic mass is 9.55. The van der Waals surface area contributed by atoms with Crippen LogP contribution in [0.1, 0.15) is 33.1 Å². The molecule has 6 atom stereocenters. The van der Waals surface area contributed by atoms with E-state index in [1.54, 1.807) is 7.11 Å². The molecule has 2 aliphatic heterocycles. The smallest absolute Gasteiger partial charge is 0.311 e. The monoisotopic (exact) mass is 440 g/mol. The van der Waals surface area contributed by atoms with Gasteiger partial charge in [0, 0.05) is 62.2 Å². The molecule has 1 saturated carbocycles. The van der Waals surface area contributed by atoms with Crippen LogP contribution in [0.15, 0.2) is 35.9 Å². The molecule has 6 nitrogen and oxygen atoms in total. The first-order valence-corrected chi connectivity index (χ1v) is 12.1. The lowest BCUT2D eigenvalue weighted by Crippen LogP contribution is -2.55. The summed E-state index contributed by atoms with van der Waals surface area (Å²) in [6.45, 7) is 8.74. The van der Waals surface area contributed by atoms with Gasteiger partial charge in [0.2, 0.25) is 0 Å². The molecule has 5 rings (SSSR count). The van der Waals surface area contributed by atoms with E-state index in [9.17, 15) is 9.90 Å². The van der Waals surface area contributed by atoms with Gasteiger partial charge in [0.1, 0.15) is 11.9 Å². The number of carbonyl (C=O) groups excluding carboxylic acids is 1. The molecule has 0 radical (unpaired) electrons. The minimum atomic E-state index is -0.530. The van der Waals surface area contributed by atoms with Crippen molar-refractivity contribution in [2.45, 2.75) is 45.3 Å². The standard InChI is InChI=1S/C26H36N2O4/c1-17-6-4-7-18-14-22-23(24(29)26(17,18)2)21(25(30)32-22)16-27-10-12-28(13-11-27)19-8-5-9-20(15-19)31-3/h5,7-9,15,17,21-24,29H,4,6,10-14,16H2,1-3H3/t17?,21?,22-,23-,24?,26-/m1/s1. The van der Waals surface area contributed by atoms with Crippen LogP contribution < -0.4 is 9.64 Å². The fourth-order valence-corrected chi connectivity index (χ4v) is 6.55. The molecule has 32 heavy (non-hydrogen) atoms. The van der Waals surface area contributed by atoms with Crippen LogP contribution in [-0.4, -0.2) is 68.0 Å². The Morgan fingerprint density at radius 2 is 2.03 bits per heavy atom. The van der Waals surface area contributed by atoms with Crippen molar-refractivity contribution < 1.29 is 19.4 Å². The molecule has 0 bridgehead atoms. The fraction of sp³-hybridized carbons (Fsp3) is 0.654. The van der Waals surface area contributed by atoms with Crippen LogP contribution in [0, 0.1) is 23.2 Å². The molecule has 174 valence electrons. The summed E-state index contributed by atoms with van der Waals surface area (Å²) in [6.07, 6.45) is 4.53. The molecule has 2 saturated heterocycles. The number of nitrogens with zero attached hydrogens (tertiary/aromatic N) is 2. The summed E-state index contributed by atoms with van der Waals surface area (Å²) < 4.78 is 11.2. The van der Waals surface area contributed by atoms with Crippen molar-refractivity contribution in [2.24, 2.45) is 23.2 Å². The lowest BCUT2D eigenvalue weighted by Gasteiger charge is -2.52. The van der Waals surface area contributed by atoms with Gasteiger partial charge in [-0.3, -0.25) is 9.69 Å². The number of hydrogen-bond acceptors (Lipinski definition) is 6. The molecule has 4 aliphatic rings. The highest BCUT2D eigenvalue weighted by Crippen LogP contribution is 2.56. The summed E-state index contributed by atoms with van der Waals surface area (Å²) >= 11 is 0. The Bertz CT molecular complexity index is 894. The number of aliphatic hydroxyl groups is 1. The van der Waals surface area contributed by atoms with E-state index in [2.05, 4.69) is 41.9 Å². The molecular formula is C26H36N2O4. The number of piperazine rings is 1. The molecule has 2 heterocycles. The number of anilines is 1. The number of esters is 1. The Kier molecular flexibility index (Phi) is 5.70. The SMILES string of the molecule is COc1cccc(N2CCN(CC3C(=O)O[C@@H]4CC5=CCCC(C)[C@@]5(C)C(O)[C@H]34)CC2)c1. The molecular weight excluding hydrogens is 404 g/mol.